The zero-order valence-electron chi connectivity index (χ0n) is 13.8. The van der Waals surface area contributed by atoms with Gasteiger partial charge in [0.25, 0.3) is 0 Å². The van der Waals surface area contributed by atoms with Crippen LogP contribution in [-0.2, 0) is 26.2 Å². The molecule has 0 unspecified atom stereocenters. The van der Waals surface area contributed by atoms with E-state index in [9.17, 15) is 19.2 Å². The summed E-state index contributed by atoms with van der Waals surface area (Å²) in [5.41, 5.74) is 1.54. The van der Waals surface area contributed by atoms with Gasteiger partial charge in [0.15, 0.2) is 0 Å². The minimum atomic E-state index is -1.21. The Morgan fingerprint density at radius 1 is 1.24 bits per heavy atom. The van der Waals surface area contributed by atoms with E-state index >= 15 is 0 Å². The van der Waals surface area contributed by atoms with Crippen LogP contribution >= 0.6 is 0 Å². The Bertz CT molecular complexity index is 776. The van der Waals surface area contributed by atoms with Crippen molar-refractivity contribution in [2.45, 2.75) is 31.1 Å². The quantitative estimate of drug-likeness (QED) is 0.703. The highest BCUT2D eigenvalue weighted by molar-refractivity contribution is 6.06. The van der Waals surface area contributed by atoms with Crippen LogP contribution in [0.1, 0.15) is 30.4 Å². The SMILES string of the molecule is CNC(=O)Nc1ccc2c(c1)CC[C@@]21CCC(=O)N(CC(=O)O)C1=O. The molecule has 1 heterocycles. The summed E-state index contributed by atoms with van der Waals surface area (Å²) in [6, 6.07) is 5.00. The monoisotopic (exact) mass is 345 g/mol. The van der Waals surface area contributed by atoms with Gasteiger partial charge in [0, 0.05) is 19.2 Å². The molecule has 1 spiro atoms. The number of carboxylic acids is 1. The summed E-state index contributed by atoms with van der Waals surface area (Å²) < 4.78 is 0. The molecule has 2 aliphatic rings. The molecule has 1 fully saturated rings. The molecule has 25 heavy (non-hydrogen) atoms. The van der Waals surface area contributed by atoms with Crippen LogP contribution in [0.15, 0.2) is 18.2 Å². The number of imide groups is 1. The minimum Gasteiger partial charge on any atom is -0.480 e. The Morgan fingerprint density at radius 2 is 1.96 bits per heavy atom. The molecule has 1 aromatic carbocycles. The number of urea groups is 1. The van der Waals surface area contributed by atoms with E-state index in [-0.39, 0.29) is 12.5 Å². The Kier molecular flexibility index (Phi) is 4.20. The maximum absolute atomic E-state index is 12.9. The molecule has 0 bridgehead atoms. The maximum atomic E-state index is 12.9. The van der Waals surface area contributed by atoms with Crippen LogP contribution in [0.4, 0.5) is 10.5 Å². The van der Waals surface area contributed by atoms with E-state index in [0.717, 1.165) is 16.0 Å². The van der Waals surface area contributed by atoms with E-state index in [1.165, 1.54) is 7.05 Å². The lowest BCUT2D eigenvalue weighted by Crippen LogP contribution is -2.54. The number of hydrogen-bond donors (Lipinski definition) is 3. The van der Waals surface area contributed by atoms with E-state index in [0.29, 0.717) is 24.9 Å². The Morgan fingerprint density at radius 3 is 2.64 bits per heavy atom. The number of anilines is 1. The number of aryl methyl sites for hydroxylation is 1. The van der Waals surface area contributed by atoms with Gasteiger partial charge in [-0.2, -0.15) is 0 Å². The van der Waals surface area contributed by atoms with Crippen molar-refractivity contribution >= 4 is 29.5 Å². The van der Waals surface area contributed by atoms with Crippen LogP contribution in [0.2, 0.25) is 0 Å². The maximum Gasteiger partial charge on any atom is 0.323 e. The third-order valence-corrected chi connectivity index (χ3v) is 4.94. The van der Waals surface area contributed by atoms with Gasteiger partial charge in [0.1, 0.15) is 6.54 Å². The average molecular weight is 345 g/mol. The number of carboxylic acid groups (broad SMARTS) is 1. The lowest BCUT2D eigenvalue weighted by atomic mass is 9.74. The topological polar surface area (TPSA) is 116 Å². The molecule has 132 valence electrons. The van der Waals surface area contributed by atoms with Crippen LogP contribution in [0, 0.1) is 0 Å². The number of nitrogens with one attached hydrogen (secondary N) is 2. The van der Waals surface area contributed by atoms with Crippen LogP contribution in [0.5, 0.6) is 0 Å². The number of carbonyl (C=O) groups excluding carboxylic acids is 3. The highest BCUT2D eigenvalue weighted by Gasteiger charge is 2.51. The van der Waals surface area contributed by atoms with Gasteiger partial charge in [-0.25, -0.2) is 4.79 Å². The zero-order valence-corrected chi connectivity index (χ0v) is 13.8. The smallest absolute Gasteiger partial charge is 0.323 e. The van der Waals surface area contributed by atoms with Crippen molar-refractivity contribution in [2.75, 3.05) is 18.9 Å². The van der Waals surface area contributed by atoms with Crippen molar-refractivity contribution in [3.8, 4) is 0 Å². The number of piperidine rings is 1. The predicted octanol–water partition coefficient (Wildman–Crippen LogP) is 0.855. The molecular weight excluding hydrogens is 326 g/mol. The molecule has 1 atom stereocenters. The van der Waals surface area contributed by atoms with Crippen molar-refractivity contribution < 1.29 is 24.3 Å². The molecule has 1 aliphatic carbocycles. The Hall–Kier alpha value is -2.90. The summed E-state index contributed by atoms with van der Waals surface area (Å²) in [5.74, 6) is -2.08. The first kappa shape index (κ1) is 16.9. The lowest BCUT2D eigenvalue weighted by molar-refractivity contribution is -0.159. The van der Waals surface area contributed by atoms with Gasteiger partial charge in [-0.1, -0.05) is 6.07 Å². The van der Waals surface area contributed by atoms with Gasteiger partial charge >= 0.3 is 12.0 Å². The van der Waals surface area contributed by atoms with E-state index in [4.69, 9.17) is 5.11 Å². The predicted molar refractivity (Wildman–Crippen MR) is 88.1 cm³/mol. The molecule has 0 radical (unpaired) electrons. The van der Waals surface area contributed by atoms with Crippen LogP contribution in [0.3, 0.4) is 0 Å². The molecule has 0 saturated carbocycles. The van der Waals surface area contributed by atoms with Gasteiger partial charge in [-0.3, -0.25) is 19.3 Å². The van der Waals surface area contributed by atoms with Gasteiger partial charge in [0.05, 0.1) is 5.41 Å². The molecule has 0 aromatic heterocycles. The summed E-state index contributed by atoms with van der Waals surface area (Å²) in [7, 11) is 1.52. The molecule has 3 N–H and O–H groups in total. The van der Waals surface area contributed by atoms with Crippen LogP contribution in [-0.4, -0.2) is 47.4 Å². The second kappa shape index (κ2) is 6.19. The first-order valence-electron chi connectivity index (χ1n) is 8.06. The summed E-state index contributed by atoms with van der Waals surface area (Å²) in [5, 5.41) is 14.1. The van der Waals surface area contributed by atoms with Crippen molar-refractivity contribution in [2.24, 2.45) is 0 Å². The zero-order chi connectivity index (χ0) is 18.2. The summed E-state index contributed by atoms with van der Waals surface area (Å²) in [6.07, 6.45) is 1.71. The summed E-state index contributed by atoms with van der Waals surface area (Å²) in [4.78, 5) is 48.2. The van der Waals surface area contributed by atoms with Crippen molar-refractivity contribution in [3.05, 3.63) is 29.3 Å². The molecule has 1 saturated heterocycles. The van der Waals surface area contributed by atoms with Crippen LogP contribution in [0.25, 0.3) is 0 Å². The fourth-order valence-corrected chi connectivity index (χ4v) is 3.73. The molecular formula is C17H19N3O5. The first-order valence-corrected chi connectivity index (χ1v) is 8.06. The molecule has 8 heteroatoms. The van der Waals surface area contributed by atoms with Crippen molar-refractivity contribution in [1.82, 2.24) is 10.2 Å². The highest BCUT2D eigenvalue weighted by Crippen LogP contribution is 2.46. The Labute approximate surface area is 144 Å². The summed E-state index contributed by atoms with van der Waals surface area (Å²) >= 11 is 0. The second-order valence-electron chi connectivity index (χ2n) is 6.34. The number of benzene rings is 1. The number of carbonyl (C=O) groups is 4. The minimum absolute atomic E-state index is 0.150. The molecule has 1 aliphatic heterocycles. The van der Waals surface area contributed by atoms with Crippen molar-refractivity contribution in [1.29, 1.82) is 0 Å². The number of amides is 4. The lowest BCUT2D eigenvalue weighted by Gasteiger charge is -2.38. The number of aliphatic carboxylic acids is 1. The average Bonchev–Trinajstić information content (AvgIpc) is 2.94. The van der Waals surface area contributed by atoms with Gasteiger partial charge in [-0.15, -0.1) is 0 Å². The fourth-order valence-electron chi connectivity index (χ4n) is 3.73. The largest absolute Gasteiger partial charge is 0.480 e. The number of rotatable bonds is 3. The second-order valence-corrected chi connectivity index (χ2v) is 6.34. The standard InChI is InChI=1S/C17H19N3O5/c1-18-16(25)19-11-2-3-12-10(8-11)4-6-17(12)7-5-13(21)20(15(17)24)9-14(22)23/h2-3,8H,4-7,9H2,1H3,(H,22,23)(H2,18,19,25)/t17-/m1/s1. The van der Waals surface area contributed by atoms with E-state index in [1.807, 2.05) is 6.07 Å². The summed E-state index contributed by atoms with van der Waals surface area (Å²) in [6.45, 7) is -0.606. The number of nitrogens with zero attached hydrogens (tertiary/aromatic N) is 1. The number of hydrogen-bond acceptors (Lipinski definition) is 4. The van der Waals surface area contributed by atoms with Gasteiger partial charge < -0.3 is 15.7 Å². The normalized spacial score (nSPS) is 22.0. The molecule has 3 rings (SSSR count). The number of likely N-dealkylation sites (tertiary alicyclic amines) is 1. The third kappa shape index (κ3) is 2.84. The molecule has 8 nitrogen and oxygen atoms in total. The molecule has 4 amide bonds. The highest BCUT2D eigenvalue weighted by atomic mass is 16.4. The van der Waals surface area contributed by atoms with Gasteiger partial charge in [-0.05, 0) is 42.5 Å². The first-order chi connectivity index (χ1) is 11.9. The fraction of sp³-hybridized carbons (Fsp3) is 0.412. The van der Waals surface area contributed by atoms with Crippen LogP contribution < -0.4 is 10.6 Å². The third-order valence-electron chi connectivity index (χ3n) is 4.94. The van der Waals surface area contributed by atoms with E-state index < -0.39 is 29.7 Å². The molecule has 1 aromatic rings. The number of fused-ring (bicyclic) bond motifs is 2. The van der Waals surface area contributed by atoms with E-state index in [1.54, 1.807) is 12.1 Å². The van der Waals surface area contributed by atoms with Crippen molar-refractivity contribution in [3.63, 3.8) is 0 Å². The van der Waals surface area contributed by atoms with Gasteiger partial charge in [0.2, 0.25) is 11.8 Å². The Balaban J connectivity index is 1.92. The van der Waals surface area contributed by atoms with E-state index in [2.05, 4.69) is 10.6 Å².